The minimum atomic E-state index is 0. The van der Waals surface area contributed by atoms with Gasteiger partial charge in [-0.3, -0.25) is 4.98 Å². The van der Waals surface area contributed by atoms with E-state index >= 15 is 0 Å². The predicted octanol–water partition coefficient (Wildman–Crippen LogP) is 1.63. The maximum absolute atomic E-state index is 5.63. The third-order valence-electron chi connectivity index (χ3n) is 3.05. The van der Waals surface area contributed by atoms with Crippen molar-refractivity contribution >= 4 is 12.4 Å². The van der Waals surface area contributed by atoms with Crippen molar-refractivity contribution in [1.29, 1.82) is 0 Å². The largest absolute Gasteiger partial charge is 0.490 e. The highest BCUT2D eigenvalue weighted by atomic mass is 35.5. The molecule has 0 unspecified atom stereocenters. The zero-order valence-electron chi connectivity index (χ0n) is 8.43. The third kappa shape index (κ3) is 2.41. The molecule has 1 aliphatic heterocycles. The van der Waals surface area contributed by atoms with Gasteiger partial charge in [-0.05, 0) is 30.9 Å². The Kier molecular flexibility index (Phi) is 3.12. The highest BCUT2D eigenvalue weighted by Gasteiger charge is 2.45. The Morgan fingerprint density at radius 1 is 1.47 bits per heavy atom. The molecular weight excluding hydrogens is 212 g/mol. The molecule has 0 radical (unpaired) electrons. The smallest absolute Gasteiger partial charge is 0.137 e. The molecule has 3 atom stereocenters. The fourth-order valence-electron chi connectivity index (χ4n) is 2.19. The monoisotopic (exact) mass is 226 g/mol. The molecule has 2 heterocycles. The maximum atomic E-state index is 5.63. The van der Waals surface area contributed by atoms with E-state index in [9.17, 15) is 0 Å². The van der Waals surface area contributed by atoms with Crippen LogP contribution in [0.25, 0.3) is 0 Å². The summed E-state index contributed by atoms with van der Waals surface area (Å²) in [6.45, 7) is 0.776. The molecule has 0 amide bonds. The molecule has 1 saturated heterocycles. The highest BCUT2D eigenvalue weighted by Crippen LogP contribution is 2.40. The highest BCUT2D eigenvalue weighted by molar-refractivity contribution is 5.85. The van der Waals surface area contributed by atoms with Gasteiger partial charge < -0.3 is 10.1 Å². The van der Waals surface area contributed by atoms with Crippen LogP contribution in [0.2, 0.25) is 0 Å². The normalized spacial score (nSPS) is 31.6. The molecule has 2 aliphatic rings. The van der Waals surface area contributed by atoms with Crippen molar-refractivity contribution in [3.8, 4) is 5.75 Å². The topological polar surface area (TPSA) is 34.1 Å². The van der Waals surface area contributed by atoms with Crippen LogP contribution in [-0.4, -0.2) is 23.7 Å². The van der Waals surface area contributed by atoms with Crippen molar-refractivity contribution in [2.75, 3.05) is 6.61 Å². The maximum Gasteiger partial charge on any atom is 0.137 e. The molecule has 0 spiro atoms. The molecule has 2 fully saturated rings. The van der Waals surface area contributed by atoms with Crippen LogP contribution in [0, 0.1) is 5.92 Å². The number of piperidine rings is 1. The second-order valence-corrected chi connectivity index (χ2v) is 4.20. The van der Waals surface area contributed by atoms with Crippen LogP contribution in [0.4, 0.5) is 0 Å². The third-order valence-corrected chi connectivity index (χ3v) is 3.05. The summed E-state index contributed by atoms with van der Waals surface area (Å²) in [4.78, 5) is 4.01. The van der Waals surface area contributed by atoms with E-state index in [0.717, 1.165) is 24.3 Å². The van der Waals surface area contributed by atoms with Crippen molar-refractivity contribution < 1.29 is 4.74 Å². The van der Waals surface area contributed by atoms with Gasteiger partial charge in [-0.25, -0.2) is 0 Å². The molecule has 1 aromatic heterocycles. The zero-order chi connectivity index (χ0) is 9.38. The first kappa shape index (κ1) is 10.7. The van der Waals surface area contributed by atoms with Gasteiger partial charge in [-0.2, -0.15) is 0 Å². The number of nitrogens with zero attached hydrogens (tertiary/aromatic N) is 1. The van der Waals surface area contributed by atoms with Gasteiger partial charge >= 0.3 is 0 Å². The second-order valence-electron chi connectivity index (χ2n) is 4.20. The quantitative estimate of drug-likeness (QED) is 0.851. The first-order chi connectivity index (χ1) is 6.92. The molecule has 4 heteroatoms. The summed E-state index contributed by atoms with van der Waals surface area (Å²) in [6.07, 6.45) is 6.18. The molecule has 0 aromatic carbocycles. The van der Waals surface area contributed by atoms with E-state index in [1.54, 1.807) is 12.4 Å². The van der Waals surface area contributed by atoms with Crippen molar-refractivity contribution in [3.63, 3.8) is 0 Å². The van der Waals surface area contributed by atoms with E-state index in [-0.39, 0.29) is 12.4 Å². The van der Waals surface area contributed by atoms with E-state index in [4.69, 9.17) is 4.74 Å². The van der Waals surface area contributed by atoms with Crippen LogP contribution in [0.15, 0.2) is 24.5 Å². The van der Waals surface area contributed by atoms with Gasteiger partial charge in [0.15, 0.2) is 0 Å². The van der Waals surface area contributed by atoms with Gasteiger partial charge in [0.25, 0.3) is 0 Å². The second kappa shape index (κ2) is 4.37. The lowest BCUT2D eigenvalue weighted by atomic mass is 10.2. The molecule has 3 nitrogen and oxygen atoms in total. The first-order valence-electron chi connectivity index (χ1n) is 5.21. The lowest BCUT2D eigenvalue weighted by Crippen LogP contribution is -2.31. The summed E-state index contributed by atoms with van der Waals surface area (Å²) in [5.41, 5.74) is 0. The molecule has 82 valence electrons. The number of nitrogens with one attached hydrogen (secondary N) is 1. The van der Waals surface area contributed by atoms with E-state index in [1.807, 2.05) is 12.1 Å². The Morgan fingerprint density at radius 3 is 3.07 bits per heavy atom. The van der Waals surface area contributed by atoms with Crippen molar-refractivity contribution in [2.24, 2.45) is 5.92 Å². The van der Waals surface area contributed by atoms with Crippen LogP contribution in [0.3, 0.4) is 0 Å². The van der Waals surface area contributed by atoms with Crippen LogP contribution in [0.1, 0.15) is 12.8 Å². The number of pyridine rings is 1. The summed E-state index contributed by atoms with van der Waals surface area (Å²) in [6, 6.07) is 5.20. The van der Waals surface area contributed by atoms with Gasteiger partial charge in [-0.15, -0.1) is 12.4 Å². The number of hydrogen-bond donors (Lipinski definition) is 1. The number of fused-ring (bicyclic) bond motifs is 1. The lowest BCUT2D eigenvalue weighted by molar-refractivity contribution is 0.267. The fraction of sp³-hybridized carbons (Fsp3) is 0.545. The summed E-state index contributed by atoms with van der Waals surface area (Å²) in [5, 5.41) is 3.55. The summed E-state index contributed by atoms with van der Waals surface area (Å²) in [7, 11) is 0. The van der Waals surface area contributed by atoms with Gasteiger partial charge in [0.2, 0.25) is 0 Å². The Balaban J connectivity index is 0.000000853. The van der Waals surface area contributed by atoms with Gasteiger partial charge in [0.05, 0.1) is 6.20 Å². The molecule has 1 aliphatic carbocycles. The molecule has 0 bridgehead atoms. The first-order valence-corrected chi connectivity index (χ1v) is 5.21. The summed E-state index contributed by atoms with van der Waals surface area (Å²) < 4.78 is 5.63. The molecule has 1 N–H and O–H groups in total. The Labute approximate surface area is 95.6 Å². The molecule has 15 heavy (non-hydrogen) atoms. The predicted molar refractivity (Wildman–Crippen MR) is 60.4 cm³/mol. The van der Waals surface area contributed by atoms with Crippen LogP contribution >= 0.6 is 12.4 Å². The summed E-state index contributed by atoms with van der Waals surface area (Å²) in [5.74, 6) is 1.81. The number of aromatic nitrogens is 1. The molecule has 3 rings (SSSR count). The minimum absolute atomic E-state index is 0. The van der Waals surface area contributed by atoms with Crippen LogP contribution < -0.4 is 10.1 Å². The van der Waals surface area contributed by atoms with E-state index in [2.05, 4.69) is 10.3 Å². The van der Waals surface area contributed by atoms with E-state index in [1.165, 1.54) is 12.8 Å². The standard InChI is InChI=1S/C11H14N2O.ClH/c1-2-10(6-12-3-1)14-7-9-4-8-5-11(8)13-9;/h1-3,6,8-9,11,13H,4-5,7H2;1H/t8-,9+,11+;/m1./s1. The average Bonchev–Trinajstić information content (AvgIpc) is 2.85. The molecule has 1 saturated carbocycles. The van der Waals surface area contributed by atoms with Crippen LogP contribution in [-0.2, 0) is 0 Å². The number of halogens is 1. The number of rotatable bonds is 3. The van der Waals surface area contributed by atoms with E-state index in [0.29, 0.717) is 6.04 Å². The van der Waals surface area contributed by atoms with Crippen molar-refractivity contribution in [2.45, 2.75) is 24.9 Å². The van der Waals surface area contributed by atoms with Gasteiger partial charge in [-0.1, -0.05) is 0 Å². The van der Waals surface area contributed by atoms with Crippen LogP contribution in [0.5, 0.6) is 5.75 Å². The number of ether oxygens (including phenoxy) is 1. The summed E-state index contributed by atoms with van der Waals surface area (Å²) >= 11 is 0. The number of hydrogen-bond acceptors (Lipinski definition) is 3. The van der Waals surface area contributed by atoms with Crippen molar-refractivity contribution in [1.82, 2.24) is 10.3 Å². The zero-order valence-corrected chi connectivity index (χ0v) is 9.24. The Hall–Kier alpha value is -0.800. The molecular formula is C11H15ClN2O. The minimum Gasteiger partial charge on any atom is -0.490 e. The van der Waals surface area contributed by atoms with Gasteiger partial charge in [0, 0.05) is 18.3 Å². The lowest BCUT2D eigenvalue weighted by Gasteiger charge is -2.13. The average molecular weight is 227 g/mol. The fourth-order valence-corrected chi connectivity index (χ4v) is 2.19. The Morgan fingerprint density at radius 2 is 2.40 bits per heavy atom. The SMILES string of the molecule is Cl.c1cncc(OC[C@@H]2C[C@@H]3C[C@@H]3N2)c1. The molecule has 1 aromatic rings. The van der Waals surface area contributed by atoms with Crippen molar-refractivity contribution in [3.05, 3.63) is 24.5 Å². The Bertz CT molecular complexity index is 310. The van der Waals surface area contributed by atoms with E-state index < -0.39 is 0 Å². The van der Waals surface area contributed by atoms with Gasteiger partial charge in [0.1, 0.15) is 12.4 Å².